The second kappa shape index (κ2) is 27.5. The molecule has 1 saturated heterocycles. The maximum Gasteiger partial charge on any atom is 0.407 e. The van der Waals surface area contributed by atoms with Crippen LogP contribution in [-0.2, 0) is 33.3 Å². The Labute approximate surface area is 349 Å². The molecule has 9 atom stereocenters. The fourth-order valence-electron chi connectivity index (χ4n) is 8.37. The van der Waals surface area contributed by atoms with Crippen LogP contribution in [-0.4, -0.2) is 66.5 Å². The second-order valence-corrected chi connectivity index (χ2v) is 18.0. The van der Waals surface area contributed by atoms with Gasteiger partial charge in [-0.15, -0.1) is 0 Å². The molecule has 0 spiro atoms. The van der Waals surface area contributed by atoms with Gasteiger partial charge in [-0.1, -0.05) is 104 Å². The van der Waals surface area contributed by atoms with E-state index in [4.69, 9.17) is 18.9 Å². The SMILES string of the molecule is CCC(C)C(=O)OC1CC(C)C=C2C=CC(C)C(CCC3CC(OC(=O)NCCCCCCCCCCCCOC(=O)CCCCC(S)CCS)CC(=O)O3)C21. The van der Waals surface area contributed by atoms with Crippen LogP contribution in [0.25, 0.3) is 0 Å². The number of rotatable bonds is 27. The molecule has 1 heterocycles. The number of allylic oxidation sites excluding steroid dienone is 3. The molecule has 0 saturated carbocycles. The zero-order valence-corrected chi connectivity index (χ0v) is 36.8. The molecule has 1 N–H and O–H groups in total. The van der Waals surface area contributed by atoms with Gasteiger partial charge in [0.25, 0.3) is 0 Å². The van der Waals surface area contributed by atoms with Crippen molar-refractivity contribution in [1.82, 2.24) is 5.32 Å². The lowest BCUT2D eigenvalue weighted by atomic mass is 9.65. The summed E-state index contributed by atoms with van der Waals surface area (Å²) in [5.41, 5.74) is 1.25. The van der Waals surface area contributed by atoms with Crippen molar-refractivity contribution in [2.24, 2.45) is 29.6 Å². The first-order chi connectivity index (χ1) is 27.0. The number of carbonyl (C=O) groups is 4. The molecule has 56 heavy (non-hydrogen) atoms. The van der Waals surface area contributed by atoms with Gasteiger partial charge in [0.05, 0.1) is 18.9 Å². The molecule has 0 aromatic rings. The molecular weight excluding hydrogens is 747 g/mol. The number of carbonyl (C=O) groups excluding carboxylic acids is 4. The topological polar surface area (TPSA) is 117 Å². The van der Waals surface area contributed by atoms with Crippen LogP contribution in [0.15, 0.2) is 23.8 Å². The summed E-state index contributed by atoms with van der Waals surface area (Å²) in [6.45, 7) is 9.42. The third-order valence-corrected chi connectivity index (χ3v) is 12.7. The third kappa shape index (κ3) is 18.6. The standard InChI is InChI=1S/C45H75NO8S2/c1-5-33(3)44(49)54-40-29-32(2)28-35-21-20-34(4)39(43(35)40)23-22-36-30-37(31-42(48)52-36)53-45(50)46-25-16-12-10-8-6-7-9-11-13-17-26-51-41(47)19-15-14-18-38(56)24-27-55/h20-21,28,32-34,36-40,43,55-56H,5-19,22-27,29-31H2,1-4H3,(H,46,50). The van der Waals surface area contributed by atoms with Crippen LogP contribution in [0.4, 0.5) is 4.79 Å². The van der Waals surface area contributed by atoms with E-state index in [0.717, 1.165) is 82.8 Å². The zero-order valence-electron chi connectivity index (χ0n) is 35.1. The molecule has 9 nitrogen and oxygen atoms in total. The van der Waals surface area contributed by atoms with Crippen molar-refractivity contribution < 1.29 is 38.1 Å². The van der Waals surface area contributed by atoms with E-state index in [1.807, 2.05) is 13.8 Å². The average molecular weight is 822 g/mol. The highest BCUT2D eigenvalue weighted by atomic mass is 32.1. The Hall–Kier alpha value is -2.14. The fraction of sp³-hybridized carbons (Fsp3) is 0.822. The molecule has 2 aliphatic carbocycles. The number of ether oxygens (including phenoxy) is 4. The molecule has 0 radical (unpaired) electrons. The summed E-state index contributed by atoms with van der Waals surface area (Å²) in [4.78, 5) is 49.9. The number of esters is 3. The number of alkyl carbamates (subject to hydrolysis) is 1. The van der Waals surface area contributed by atoms with Crippen LogP contribution in [0.5, 0.6) is 0 Å². The van der Waals surface area contributed by atoms with E-state index in [0.29, 0.717) is 49.5 Å². The molecule has 3 aliphatic rings. The number of hydrogen-bond acceptors (Lipinski definition) is 10. The minimum atomic E-state index is -0.495. The third-order valence-electron chi connectivity index (χ3n) is 11.9. The highest BCUT2D eigenvalue weighted by molar-refractivity contribution is 7.81. The number of thiol groups is 2. The molecule has 9 unspecified atom stereocenters. The monoisotopic (exact) mass is 821 g/mol. The van der Waals surface area contributed by atoms with Crippen molar-refractivity contribution in [3.8, 4) is 0 Å². The van der Waals surface area contributed by atoms with E-state index in [-0.39, 0.29) is 54.3 Å². The minimum Gasteiger partial charge on any atom is -0.466 e. The Kier molecular flexibility index (Phi) is 23.7. The molecule has 11 heteroatoms. The minimum absolute atomic E-state index is 0.0794. The molecule has 320 valence electrons. The van der Waals surface area contributed by atoms with Gasteiger partial charge in [-0.3, -0.25) is 14.4 Å². The van der Waals surface area contributed by atoms with E-state index in [1.54, 1.807) is 0 Å². The Balaban J connectivity index is 1.22. The van der Waals surface area contributed by atoms with Crippen LogP contribution < -0.4 is 5.32 Å². The van der Waals surface area contributed by atoms with Gasteiger partial charge in [-0.25, -0.2) is 4.79 Å². The molecule has 1 amide bonds. The van der Waals surface area contributed by atoms with Gasteiger partial charge in [-0.2, -0.15) is 25.3 Å². The summed E-state index contributed by atoms with van der Waals surface area (Å²) in [7, 11) is 0. The molecule has 1 aliphatic heterocycles. The molecule has 0 bridgehead atoms. The molecule has 0 aromatic carbocycles. The predicted molar refractivity (Wildman–Crippen MR) is 230 cm³/mol. The number of cyclic esters (lactones) is 1. The summed E-state index contributed by atoms with van der Waals surface area (Å²) in [5.74, 6) is 1.22. The summed E-state index contributed by atoms with van der Waals surface area (Å²) in [5, 5.41) is 3.25. The van der Waals surface area contributed by atoms with Crippen LogP contribution in [0, 0.1) is 29.6 Å². The number of amides is 1. The number of hydrogen-bond donors (Lipinski definition) is 3. The van der Waals surface area contributed by atoms with E-state index in [1.165, 1.54) is 37.7 Å². The molecule has 3 rings (SSSR count). The summed E-state index contributed by atoms with van der Waals surface area (Å²) >= 11 is 8.76. The van der Waals surface area contributed by atoms with Crippen molar-refractivity contribution in [2.45, 2.75) is 186 Å². The molecular formula is C45H75NO8S2. The van der Waals surface area contributed by atoms with E-state index < -0.39 is 12.2 Å². The summed E-state index contributed by atoms with van der Waals surface area (Å²) < 4.78 is 23.0. The highest BCUT2D eigenvalue weighted by Crippen LogP contribution is 2.45. The Morgan fingerprint density at radius 2 is 1.61 bits per heavy atom. The van der Waals surface area contributed by atoms with Crippen molar-refractivity contribution in [3.05, 3.63) is 23.8 Å². The highest BCUT2D eigenvalue weighted by Gasteiger charge is 2.42. The van der Waals surface area contributed by atoms with Gasteiger partial charge in [0.2, 0.25) is 0 Å². The number of nitrogens with one attached hydrogen (secondary N) is 1. The van der Waals surface area contributed by atoms with E-state index >= 15 is 0 Å². The van der Waals surface area contributed by atoms with Gasteiger partial charge in [0, 0.05) is 30.6 Å². The summed E-state index contributed by atoms with van der Waals surface area (Å²) in [6, 6.07) is 0. The lowest BCUT2D eigenvalue weighted by Crippen LogP contribution is -2.42. The van der Waals surface area contributed by atoms with Gasteiger partial charge >= 0.3 is 24.0 Å². The van der Waals surface area contributed by atoms with Crippen LogP contribution >= 0.6 is 25.3 Å². The first-order valence-corrected chi connectivity index (χ1v) is 23.3. The van der Waals surface area contributed by atoms with Crippen molar-refractivity contribution >= 4 is 49.3 Å². The lowest BCUT2D eigenvalue weighted by Gasteiger charge is -2.43. The fourth-order valence-corrected chi connectivity index (χ4v) is 9.20. The van der Waals surface area contributed by atoms with Crippen molar-refractivity contribution in [2.75, 3.05) is 18.9 Å². The van der Waals surface area contributed by atoms with Gasteiger partial charge in [0.15, 0.2) is 0 Å². The second-order valence-electron chi connectivity index (χ2n) is 16.8. The van der Waals surface area contributed by atoms with Crippen LogP contribution in [0.1, 0.15) is 163 Å². The number of unbranched alkanes of at least 4 members (excludes halogenated alkanes) is 10. The largest absolute Gasteiger partial charge is 0.466 e. The smallest absolute Gasteiger partial charge is 0.407 e. The van der Waals surface area contributed by atoms with Gasteiger partial charge < -0.3 is 24.3 Å². The van der Waals surface area contributed by atoms with Crippen LogP contribution in [0.2, 0.25) is 0 Å². The first-order valence-electron chi connectivity index (χ1n) is 22.2. The van der Waals surface area contributed by atoms with E-state index in [9.17, 15) is 19.2 Å². The maximum absolute atomic E-state index is 12.8. The van der Waals surface area contributed by atoms with Crippen LogP contribution in [0.3, 0.4) is 0 Å². The quantitative estimate of drug-likeness (QED) is 0.0325. The van der Waals surface area contributed by atoms with Gasteiger partial charge in [0.1, 0.15) is 18.3 Å². The van der Waals surface area contributed by atoms with Gasteiger partial charge in [-0.05, 0) is 86.9 Å². The predicted octanol–water partition coefficient (Wildman–Crippen LogP) is 10.6. The zero-order chi connectivity index (χ0) is 40.7. The average Bonchev–Trinajstić information content (AvgIpc) is 3.15. The molecule has 0 aromatic heterocycles. The number of fused-ring (bicyclic) bond motifs is 1. The maximum atomic E-state index is 12.8. The van der Waals surface area contributed by atoms with E-state index in [2.05, 4.69) is 62.6 Å². The van der Waals surface area contributed by atoms with Crippen molar-refractivity contribution in [3.63, 3.8) is 0 Å². The Morgan fingerprint density at radius 1 is 0.911 bits per heavy atom. The Bertz CT molecular complexity index is 1240. The summed E-state index contributed by atoms with van der Waals surface area (Å²) in [6.07, 6.45) is 24.5. The molecule has 1 fully saturated rings. The normalized spacial score (nSPS) is 25.6. The van der Waals surface area contributed by atoms with Crippen molar-refractivity contribution in [1.29, 1.82) is 0 Å². The first kappa shape index (κ1) is 48.2. The lowest BCUT2D eigenvalue weighted by molar-refractivity contribution is -0.162. The Morgan fingerprint density at radius 3 is 2.30 bits per heavy atom.